The minimum Gasteiger partial charge on any atom is -0.489 e. The molecule has 1 aliphatic heterocycles. The molecule has 1 atom stereocenters. The number of hydrogen-bond donors (Lipinski definition) is 0. The van der Waals surface area contributed by atoms with E-state index in [0.717, 1.165) is 16.7 Å². The standard InChI is InChI=1S/C30H24Cl2N2O4S/c1-3-37-29(36)26-18(2)33-30-34(27(26)20-9-5-4-6-10-20)28(35)25(39-30)15-19-8-7-11-23(14-19)38-17-21-12-13-22(31)16-24(21)32/h4-16,27H,3,17H2,1-2H3/b25-15-/t27-/m0/s1. The summed E-state index contributed by atoms with van der Waals surface area (Å²) in [4.78, 5) is 31.8. The summed E-state index contributed by atoms with van der Waals surface area (Å²) in [5, 5.41) is 1.09. The number of aromatic nitrogens is 1. The fourth-order valence-corrected chi connectivity index (χ4v) is 5.90. The van der Waals surface area contributed by atoms with Gasteiger partial charge in [0.1, 0.15) is 12.4 Å². The van der Waals surface area contributed by atoms with Crippen LogP contribution in [0.25, 0.3) is 6.08 Å². The molecule has 0 radical (unpaired) electrons. The van der Waals surface area contributed by atoms with Crippen LogP contribution in [0.4, 0.5) is 0 Å². The lowest BCUT2D eigenvalue weighted by Gasteiger charge is -2.24. The van der Waals surface area contributed by atoms with Gasteiger partial charge in [-0.05, 0) is 55.3 Å². The van der Waals surface area contributed by atoms with Crippen LogP contribution in [0.1, 0.15) is 36.6 Å². The fraction of sp³-hybridized carbons (Fsp3) is 0.167. The van der Waals surface area contributed by atoms with Crippen LogP contribution in [0, 0.1) is 0 Å². The smallest absolute Gasteiger partial charge is 0.338 e. The predicted molar refractivity (Wildman–Crippen MR) is 154 cm³/mol. The molecule has 4 aromatic rings. The van der Waals surface area contributed by atoms with Gasteiger partial charge in [-0.25, -0.2) is 9.79 Å². The zero-order valence-corrected chi connectivity index (χ0v) is 23.5. The molecule has 0 unspecified atom stereocenters. The molecule has 39 heavy (non-hydrogen) atoms. The first-order valence-electron chi connectivity index (χ1n) is 12.3. The van der Waals surface area contributed by atoms with Crippen molar-refractivity contribution >= 4 is 46.6 Å². The van der Waals surface area contributed by atoms with Gasteiger partial charge in [0.15, 0.2) is 4.80 Å². The normalized spacial score (nSPS) is 15.1. The lowest BCUT2D eigenvalue weighted by Crippen LogP contribution is -2.39. The Bertz CT molecular complexity index is 1760. The molecule has 0 spiro atoms. The van der Waals surface area contributed by atoms with Gasteiger partial charge in [-0.2, -0.15) is 0 Å². The number of allylic oxidation sites excluding steroid dienone is 1. The molecule has 0 aliphatic carbocycles. The second kappa shape index (κ2) is 11.6. The van der Waals surface area contributed by atoms with E-state index in [0.29, 0.717) is 36.4 Å². The van der Waals surface area contributed by atoms with Crippen LogP contribution >= 0.6 is 34.5 Å². The zero-order chi connectivity index (χ0) is 27.5. The van der Waals surface area contributed by atoms with Crippen molar-refractivity contribution < 1.29 is 14.3 Å². The molecule has 3 aromatic carbocycles. The first kappa shape index (κ1) is 26.9. The third-order valence-electron chi connectivity index (χ3n) is 6.20. The average Bonchev–Trinajstić information content (AvgIpc) is 3.22. The van der Waals surface area contributed by atoms with E-state index in [-0.39, 0.29) is 18.8 Å². The first-order chi connectivity index (χ1) is 18.9. The van der Waals surface area contributed by atoms with Crippen LogP contribution in [0.3, 0.4) is 0 Å². The molecule has 6 nitrogen and oxygen atoms in total. The summed E-state index contributed by atoms with van der Waals surface area (Å²) in [6.07, 6.45) is 1.80. The summed E-state index contributed by atoms with van der Waals surface area (Å²) < 4.78 is 13.4. The van der Waals surface area contributed by atoms with Crippen molar-refractivity contribution in [3.8, 4) is 5.75 Å². The Kier molecular flexibility index (Phi) is 8.02. The summed E-state index contributed by atoms with van der Waals surface area (Å²) in [6, 6.07) is 21.5. The Morgan fingerprint density at radius 3 is 2.62 bits per heavy atom. The molecule has 5 rings (SSSR count). The Morgan fingerprint density at radius 1 is 1.08 bits per heavy atom. The molecule has 198 valence electrons. The van der Waals surface area contributed by atoms with Crippen LogP contribution < -0.4 is 19.6 Å². The van der Waals surface area contributed by atoms with E-state index in [9.17, 15) is 9.59 Å². The number of rotatable bonds is 7. The van der Waals surface area contributed by atoms with Crippen molar-refractivity contribution in [3.05, 3.63) is 130 Å². The van der Waals surface area contributed by atoms with E-state index in [1.54, 1.807) is 36.6 Å². The first-order valence-corrected chi connectivity index (χ1v) is 13.8. The largest absolute Gasteiger partial charge is 0.489 e. The lowest BCUT2D eigenvalue weighted by atomic mass is 9.96. The van der Waals surface area contributed by atoms with Crippen molar-refractivity contribution in [3.63, 3.8) is 0 Å². The number of esters is 1. The van der Waals surface area contributed by atoms with Crippen LogP contribution in [0.2, 0.25) is 10.0 Å². The van der Waals surface area contributed by atoms with Crippen molar-refractivity contribution in [2.45, 2.75) is 26.5 Å². The maximum Gasteiger partial charge on any atom is 0.338 e. The number of ether oxygens (including phenoxy) is 2. The predicted octanol–water partition coefficient (Wildman–Crippen LogP) is 5.68. The summed E-state index contributed by atoms with van der Waals surface area (Å²) in [5.74, 6) is 0.151. The highest BCUT2D eigenvalue weighted by Crippen LogP contribution is 2.30. The van der Waals surface area contributed by atoms with Gasteiger partial charge < -0.3 is 9.47 Å². The van der Waals surface area contributed by atoms with Gasteiger partial charge in [0, 0.05) is 15.6 Å². The number of fused-ring (bicyclic) bond motifs is 1. The maximum absolute atomic E-state index is 13.7. The number of carbonyl (C=O) groups is 1. The van der Waals surface area contributed by atoms with E-state index >= 15 is 0 Å². The van der Waals surface area contributed by atoms with E-state index in [1.807, 2.05) is 60.7 Å². The minimum atomic E-state index is -0.637. The Balaban J connectivity index is 1.52. The third-order valence-corrected chi connectivity index (χ3v) is 7.77. The molecular formula is C30H24Cl2N2O4S. The van der Waals surface area contributed by atoms with Crippen LogP contribution in [0.15, 0.2) is 93.9 Å². The minimum absolute atomic E-state index is 0.226. The SMILES string of the molecule is CCOC(=O)C1=C(C)N=c2s/c(=C\c3cccc(OCc4ccc(Cl)cc4Cl)c3)c(=O)n2[C@H]1c1ccccc1. The highest BCUT2D eigenvalue weighted by Gasteiger charge is 2.33. The molecule has 0 amide bonds. The topological polar surface area (TPSA) is 69.9 Å². The average molecular weight is 580 g/mol. The van der Waals surface area contributed by atoms with Gasteiger partial charge >= 0.3 is 5.97 Å². The number of hydrogen-bond acceptors (Lipinski definition) is 6. The second-order valence-corrected chi connectivity index (χ2v) is 10.7. The lowest BCUT2D eigenvalue weighted by molar-refractivity contribution is -0.139. The molecule has 0 fully saturated rings. The van der Waals surface area contributed by atoms with Crippen LogP contribution in [0.5, 0.6) is 5.75 Å². The van der Waals surface area contributed by atoms with Crippen LogP contribution in [-0.2, 0) is 16.1 Å². The fourth-order valence-electron chi connectivity index (χ4n) is 4.39. The summed E-state index contributed by atoms with van der Waals surface area (Å²) in [7, 11) is 0. The van der Waals surface area contributed by atoms with E-state index in [2.05, 4.69) is 4.99 Å². The molecule has 9 heteroatoms. The Labute approximate surface area is 239 Å². The highest BCUT2D eigenvalue weighted by atomic mass is 35.5. The van der Waals surface area contributed by atoms with Crippen molar-refractivity contribution in [2.24, 2.45) is 4.99 Å². The number of benzene rings is 3. The monoisotopic (exact) mass is 578 g/mol. The molecule has 0 saturated carbocycles. The van der Waals surface area contributed by atoms with Gasteiger partial charge in [-0.3, -0.25) is 9.36 Å². The quantitative estimate of drug-likeness (QED) is 0.264. The number of carbonyl (C=O) groups excluding carboxylic acids is 1. The summed E-state index contributed by atoms with van der Waals surface area (Å²) in [5.41, 5.74) is 3.07. The van der Waals surface area contributed by atoms with Crippen molar-refractivity contribution in [1.82, 2.24) is 4.57 Å². The van der Waals surface area contributed by atoms with E-state index in [4.69, 9.17) is 32.7 Å². The van der Waals surface area contributed by atoms with Gasteiger partial charge in [0.05, 0.1) is 28.5 Å². The van der Waals surface area contributed by atoms with Gasteiger partial charge in [0.2, 0.25) is 0 Å². The molecular weight excluding hydrogens is 555 g/mol. The van der Waals surface area contributed by atoms with Crippen molar-refractivity contribution in [1.29, 1.82) is 0 Å². The third kappa shape index (κ3) is 5.71. The summed E-state index contributed by atoms with van der Waals surface area (Å²) in [6.45, 7) is 4.02. The Morgan fingerprint density at radius 2 is 1.87 bits per heavy atom. The number of thiazole rings is 1. The highest BCUT2D eigenvalue weighted by molar-refractivity contribution is 7.07. The van der Waals surface area contributed by atoms with Crippen molar-refractivity contribution in [2.75, 3.05) is 6.61 Å². The molecule has 1 aromatic heterocycles. The molecule has 1 aliphatic rings. The Hall–Kier alpha value is -3.65. The second-order valence-electron chi connectivity index (χ2n) is 8.81. The van der Waals surface area contributed by atoms with Crippen LogP contribution in [-0.4, -0.2) is 17.1 Å². The number of halogens is 2. The van der Waals surface area contributed by atoms with E-state index < -0.39 is 12.0 Å². The number of nitrogens with zero attached hydrogens (tertiary/aromatic N) is 2. The van der Waals surface area contributed by atoms with Gasteiger partial charge in [0.25, 0.3) is 5.56 Å². The maximum atomic E-state index is 13.7. The molecule has 0 N–H and O–H groups in total. The summed E-state index contributed by atoms with van der Waals surface area (Å²) >= 11 is 13.5. The van der Waals surface area contributed by atoms with Gasteiger partial charge in [-0.15, -0.1) is 0 Å². The molecule has 0 bridgehead atoms. The molecule has 0 saturated heterocycles. The van der Waals surface area contributed by atoms with E-state index in [1.165, 1.54) is 11.3 Å². The molecule has 2 heterocycles. The zero-order valence-electron chi connectivity index (χ0n) is 21.2. The van der Waals surface area contributed by atoms with Gasteiger partial charge in [-0.1, -0.05) is 83.1 Å².